The van der Waals surface area contributed by atoms with Crippen LogP contribution in [0.15, 0.2) is 18.2 Å². The van der Waals surface area contributed by atoms with Crippen molar-refractivity contribution in [3.63, 3.8) is 0 Å². The van der Waals surface area contributed by atoms with E-state index in [1.54, 1.807) is 18.2 Å². The maximum absolute atomic E-state index is 12.8. The Balaban J connectivity index is 1.89. The van der Waals surface area contributed by atoms with Crippen molar-refractivity contribution in [3.8, 4) is 0 Å². The van der Waals surface area contributed by atoms with Crippen LogP contribution in [0.3, 0.4) is 0 Å². The van der Waals surface area contributed by atoms with Gasteiger partial charge in [-0.25, -0.2) is 0 Å². The zero-order chi connectivity index (χ0) is 17.3. The first-order valence-electron chi connectivity index (χ1n) is 7.99. The van der Waals surface area contributed by atoms with E-state index in [4.69, 9.17) is 5.11 Å². The molecule has 3 rings (SSSR count). The molecule has 1 fully saturated rings. The maximum Gasteiger partial charge on any atom is 0.262 e. The summed E-state index contributed by atoms with van der Waals surface area (Å²) in [5, 5.41) is 11.1. The summed E-state index contributed by atoms with van der Waals surface area (Å²) in [7, 11) is 0. The number of carbonyl (C=O) groups is 4. The summed E-state index contributed by atoms with van der Waals surface area (Å²) in [6.07, 6.45) is 2.14. The molecule has 0 aliphatic carbocycles. The van der Waals surface area contributed by atoms with E-state index in [0.29, 0.717) is 30.4 Å². The van der Waals surface area contributed by atoms with Crippen LogP contribution in [-0.4, -0.2) is 46.3 Å². The van der Waals surface area contributed by atoms with Gasteiger partial charge in [0.05, 0.1) is 11.1 Å². The summed E-state index contributed by atoms with van der Waals surface area (Å²) in [5.74, 6) is -1.97. The average Bonchev–Trinajstić information content (AvgIpc) is 2.81. The highest BCUT2D eigenvalue weighted by atomic mass is 16.3. The monoisotopic (exact) mass is 330 g/mol. The molecule has 0 saturated carbocycles. The number of hydrogen-bond acceptors (Lipinski definition) is 5. The normalized spacial score (nSPS) is 20.4. The van der Waals surface area contributed by atoms with E-state index in [2.05, 4.69) is 5.32 Å². The first kappa shape index (κ1) is 16.3. The fourth-order valence-corrected chi connectivity index (χ4v) is 3.22. The number of fused-ring (bicyclic) bond motifs is 1. The molecular weight excluding hydrogens is 312 g/mol. The summed E-state index contributed by atoms with van der Waals surface area (Å²) in [4.78, 5) is 49.7. The summed E-state index contributed by atoms with van der Waals surface area (Å²) in [5.41, 5.74) is 1.38. The van der Waals surface area contributed by atoms with Gasteiger partial charge in [-0.05, 0) is 37.3 Å². The van der Waals surface area contributed by atoms with Crippen molar-refractivity contribution >= 4 is 23.6 Å². The standard InChI is InChI=1S/C17H18N2O5/c20-9-2-1-4-10-5-3-6-11-14(10)17(24)19(16(11)23)12-7-8-13(21)18-15(12)22/h3,5-6,12,20H,1-2,4,7-9H2,(H,18,21,22). The summed E-state index contributed by atoms with van der Waals surface area (Å²) in [6.45, 7) is 0.0737. The number of unbranched alkanes of at least 4 members (excludes halogenated alkanes) is 1. The Morgan fingerprint density at radius 3 is 2.62 bits per heavy atom. The molecule has 1 saturated heterocycles. The van der Waals surface area contributed by atoms with Gasteiger partial charge in [0, 0.05) is 13.0 Å². The van der Waals surface area contributed by atoms with E-state index < -0.39 is 29.7 Å². The van der Waals surface area contributed by atoms with Crippen molar-refractivity contribution in [1.29, 1.82) is 0 Å². The van der Waals surface area contributed by atoms with Crippen LogP contribution in [0.2, 0.25) is 0 Å². The number of amides is 4. The van der Waals surface area contributed by atoms with Crippen molar-refractivity contribution in [2.24, 2.45) is 0 Å². The van der Waals surface area contributed by atoms with Crippen LogP contribution in [-0.2, 0) is 16.0 Å². The van der Waals surface area contributed by atoms with Crippen LogP contribution in [0.5, 0.6) is 0 Å². The van der Waals surface area contributed by atoms with Gasteiger partial charge in [0.15, 0.2) is 0 Å². The Morgan fingerprint density at radius 2 is 1.92 bits per heavy atom. The zero-order valence-corrected chi connectivity index (χ0v) is 13.1. The van der Waals surface area contributed by atoms with Gasteiger partial charge < -0.3 is 5.11 Å². The molecule has 1 unspecified atom stereocenters. The minimum atomic E-state index is -0.944. The lowest BCUT2D eigenvalue weighted by atomic mass is 9.98. The van der Waals surface area contributed by atoms with E-state index in [0.717, 1.165) is 10.5 Å². The first-order chi connectivity index (χ1) is 11.5. The SMILES string of the molecule is O=C1CCC(N2C(=O)c3cccc(CCCCO)c3C2=O)C(=O)N1. The van der Waals surface area contributed by atoms with Gasteiger partial charge in [-0.1, -0.05) is 12.1 Å². The molecule has 0 bridgehead atoms. The van der Waals surface area contributed by atoms with Crippen LogP contribution >= 0.6 is 0 Å². The highest BCUT2D eigenvalue weighted by molar-refractivity contribution is 6.24. The Bertz CT molecular complexity index is 728. The largest absolute Gasteiger partial charge is 0.396 e. The fourth-order valence-electron chi connectivity index (χ4n) is 3.22. The van der Waals surface area contributed by atoms with Gasteiger partial charge in [-0.3, -0.25) is 29.4 Å². The number of hydrogen-bond donors (Lipinski definition) is 2. The summed E-state index contributed by atoms with van der Waals surface area (Å²) >= 11 is 0. The third-order valence-corrected chi connectivity index (χ3v) is 4.41. The molecule has 0 radical (unpaired) electrons. The van der Waals surface area contributed by atoms with Crippen LogP contribution in [0.1, 0.15) is 52.0 Å². The number of nitrogens with zero attached hydrogens (tertiary/aromatic N) is 1. The van der Waals surface area contributed by atoms with Crippen LogP contribution in [0.25, 0.3) is 0 Å². The van der Waals surface area contributed by atoms with Gasteiger partial charge in [-0.2, -0.15) is 0 Å². The molecule has 2 N–H and O–H groups in total. The smallest absolute Gasteiger partial charge is 0.262 e. The number of carbonyl (C=O) groups excluding carboxylic acids is 4. The van der Waals surface area contributed by atoms with E-state index in [-0.39, 0.29) is 19.4 Å². The van der Waals surface area contributed by atoms with Crippen molar-refractivity contribution in [2.45, 2.75) is 38.1 Å². The van der Waals surface area contributed by atoms with Gasteiger partial charge >= 0.3 is 0 Å². The van der Waals surface area contributed by atoms with E-state index >= 15 is 0 Å². The molecule has 0 spiro atoms. The van der Waals surface area contributed by atoms with Crippen LogP contribution < -0.4 is 5.32 Å². The average molecular weight is 330 g/mol. The highest BCUT2D eigenvalue weighted by Crippen LogP contribution is 2.30. The molecule has 7 heteroatoms. The predicted octanol–water partition coefficient (Wildman–Crippen LogP) is 0.403. The predicted molar refractivity (Wildman–Crippen MR) is 83.1 cm³/mol. The van der Waals surface area contributed by atoms with E-state index in [1.807, 2.05) is 0 Å². The fraction of sp³-hybridized carbons (Fsp3) is 0.412. The number of aliphatic hydroxyl groups excluding tert-OH is 1. The third-order valence-electron chi connectivity index (χ3n) is 4.41. The lowest BCUT2D eigenvalue weighted by molar-refractivity contribution is -0.136. The Morgan fingerprint density at radius 1 is 1.12 bits per heavy atom. The van der Waals surface area contributed by atoms with E-state index in [9.17, 15) is 19.2 Å². The number of benzene rings is 1. The molecule has 2 aliphatic heterocycles. The second-order valence-corrected chi connectivity index (χ2v) is 5.97. The van der Waals surface area contributed by atoms with Crippen molar-refractivity contribution < 1.29 is 24.3 Å². The van der Waals surface area contributed by atoms with Crippen molar-refractivity contribution in [1.82, 2.24) is 10.2 Å². The van der Waals surface area contributed by atoms with Gasteiger partial charge in [0.1, 0.15) is 6.04 Å². The lowest BCUT2D eigenvalue weighted by Gasteiger charge is -2.27. The topological polar surface area (TPSA) is 104 Å². The van der Waals surface area contributed by atoms with Crippen LogP contribution in [0.4, 0.5) is 0 Å². The molecule has 24 heavy (non-hydrogen) atoms. The molecule has 2 heterocycles. The number of aryl methyl sites for hydroxylation is 1. The highest BCUT2D eigenvalue weighted by Gasteiger charge is 2.45. The van der Waals surface area contributed by atoms with Gasteiger partial charge in [-0.15, -0.1) is 0 Å². The van der Waals surface area contributed by atoms with Crippen molar-refractivity contribution in [3.05, 3.63) is 34.9 Å². The Hall–Kier alpha value is -2.54. The summed E-state index contributed by atoms with van der Waals surface area (Å²) in [6, 6.07) is 4.14. The summed E-state index contributed by atoms with van der Waals surface area (Å²) < 4.78 is 0. The minimum absolute atomic E-state index is 0.0737. The Labute approximate surface area is 138 Å². The quantitative estimate of drug-likeness (QED) is 0.601. The minimum Gasteiger partial charge on any atom is -0.396 e. The van der Waals surface area contributed by atoms with Gasteiger partial charge in [0.2, 0.25) is 11.8 Å². The molecule has 126 valence electrons. The molecular formula is C17H18N2O5. The second-order valence-electron chi connectivity index (χ2n) is 5.97. The third kappa shape index (κ3) is 2.71. The number of rotatable bonds is 5. The molecule has 1 aromatic rings. The number of aliphatic hydroxyl groups is 1. The number of nitrogens with one attached hydrogen (secondary N) is 1. The van der Waals surface area contributed by atoms with Gasteiger partial charge in [0.25, 0.3) is 11.8 Å². The first-order valence-corrected chi connectivity index (χ1v) is 7.99. The number of imide groups is 2. The molecule has 1 atom stereocenters. The molecule has 2 aliphatic rings. The molecule has 4 amide bonds. The van der Waals surface area contributed by atoms with E-state index in [1.165, 1.54) is 0 Å². The molecule has 7 nitrogen and oxygen atoms in total. The second kappa shape index (κ2) is 6.52. The van der Waals surface area contributed by atoms with Crippen molar-refractivity contribution in [2.75, 3.05) is 6.61 Å². The van der Waals surface area contributed by atoms with Crippen LogP contribution in [0, 0.1) is 0 Å². The zero-order valence-electron chi connectivity index (χ0n) is 13.1. The Kier molecular flexibility index (Phi) is 4.44. The maximum atomic E-state index is 12.8. The lowest BCUT2D eigenvalue weighted by Crippen LogP contribution is -2.54. The molecule has 1 aromatic carbocycles. The number of piperidine rings is 1. The molecule has 0 aromatic heterocycles.